The Morgan fingerprint density at radius 2 is 1.49 bits per heavy atom. The number of nitrogens with zero attached hydrogens (tertiary/aromatic N) is 3. The van der Waals surface area contributed by atoms with Crippen LogP contribution in [0.2, 0.25) is 5.02 Å². The van der Waals surface area contributed by atoms with Crippen molar-refractivity contribution in [1.29, 1.82) is 0 Å². The molecule has 1 N–H and O–H groups in total. The van der Waals surface area contributed by atoms with Crippen molar-refractivity contribution in [3.8, 4) is 0 Å². The number of hydrogen-bond acceptors (Lipinski definition) is 7. The maximum absolute atomic E-state index is 13.8. The molecule has 2 aliphatic rings. The zero-order chi connectivity index (χ0) is 26.6. The number of carbonyl (C=O) groups excluding carboxylic acids is 1. The molecule has 2 fully saturated rings. The summed E-state index contributed by atoms with van der Waals surface area (Å²) in [6.07, 6.45) is 11.1. The summed E-state index contributed by atoms with van der Waals surface area (Å²) in [4.78, 5) is 20.6. The van der Waals surface area contributed by atoms with Crippen LogP contribution in [-0.2, 0) is 19.9 Å². The van der Waals surface area contributed by atoms with Crippen molar-refractivity contribution >= 4 is 43.1 Å². The molecule has 2 saturated carbocycles. The van der Waals surface area contributed by atoms with E-state index in [0.717, 1.165) is 70.4 Å². The lowest BCUT2D eigenvalue weighted by molar-refractivity contribution is 0.102. The number of carbonyl (C=O) groups is 1. The highest BCUT2D eigenvalue weighted by Crippen LogP contribution is 2.35. The molecule has 4 rings (SSSR count). The highest BCUT2D eigenvalue weighted by Gasteiger charge is 2.38. The van der Waals surface area contributed by atoms with Crippen molar-refractivity contribution in [2.75, 3.05) is 11.1 Å². The Kier molecular flexibility index (Phi) is 8.88. The fourth-order valence-corrected chi connectivity index (χ4v) is 7.98. The maximum Gasteiger partial charge on any atom is 0.275 e. The number of aromatic nitrogens is 2. The highest BCUT2D eigenvalue weighted by atomic mass is 35.5. The third-order valence-electron chi connectivity index (χ3n) is 7.15. The van der Waals surface area contributed by atoms with E-state index < -0.39 is 30.9 Å². The number of hydrogen-bond donors (Lipinski definition) is 1. The molecule has 0 unspecified atom stereocenters. The number of anilines is 1. The Morgan fingerprint density at radius 1 is 0.946 bits per heavy atom. The van der Waals surface area contributed by atoms with Gasteiger partial charge in [-0.05, 0) is 49.9 Å². The van der Waals surface area contributed by atoms with Gasteiger partial charge in [0.2, 0.25) is 25.0 Å². The second kappa shape index (κ2) is 11.8. The Balaban J connectivity index is 1.55. The Labute approximate surface area is 224 Å². The van der Waals surface area contributed by atoms with Crippen LogP contribution < -0.4 is 5.32 Å². The van der Waals surface area contributed by atoms with Gasteiger partial charge in [0.05, 0.1) is 21.9 Å². The van der Waals surface area contributed by atoms with E-state index >= 15 is 0 Å². The van der Waals surface area contributed by atoms with E-state index in [1.165, 1.54) is 31.2 Å². The third-order valence-corrected chi connectivity index (χ3v) is 11.0. The molecule has 0 bridgehead atoms. The standard InChI is InChI=1S/C25H33ClN4O5S2/c1-2-36(32,33)25-27-17-22(26)23(29-25)24(31)28-18-13-15-21(16-14-18)37(34,35)30(19-9-5-3-6-10-19)20-11-7-4-8-12-20/h13-17,19-20H,2-12H2,1H3,(H,28,31). The monoisotopic (exact) mass is 568 g/mol. The SMILES string of the molecule is CCS(=O)(=O)c1ncc(Cl)c(C(=O)Nc2ccc(S(=O)(=O)N(C3CCCCC3)C3CCCCC3)cc2)n1. The Bertz CT molecular complexity index is 1300. The van der Waals surface area contributed by atoms with Crippen molar-refractivity contribution in [1.82, 2.24) is 14.3 Å². The summed E-state index contributed by atoms with van der Waals surface area (Å²) in [5.74, 6) is -0.939. The van der Waals surface area contributed by atoms with Gasteiger partial charge in [-0.15, -0.1) is 0 Å². The molecule has 0 radical (unpaired) electrons. The molecular weight excluding hydrogens is 536 g/mol. The largest absolute Gasteiger partial charge is 0.321 e. The van der Waals surface area contributed by atoms with E-state index in [0.29, 0.717) is 5.69 Å². The van der Waals surface area contributed by atoms with Crippen molar-refractivity contribution in [2.24, 2.45) is 0 Å². The number of halogens is 1. The maximum atomic E-state index is 13.8. The van der Waals surface area contributed by atoms with Gasteiger partial charge in [0.25, 0.3) is 5.91 Å². The van der Waals surface area contributed by atoms with Crippen LogP contribution in [0, 0.1) is 0 Å². The molecule has 202 valence electrons. The molecule has 0 aliphatic heterocycles. The number of sulfone groups is 1. The van der Waals surface area contributed by atoms with Crippen LogP contribution in [0.25, 0.3) is 0 Å². The van der Waals surface area contributed by atoms with E-state index in [-0.39, 0.29) is 33.4 Å². The fourth-order valence-electron chi connectivity index (χ4n) is 5.17. The van der Waals surface area contributed by atoms with Crippen LogP contribution >= 0.6 is 11.6 Å². The van der Waals surface area contributed by atoms with Crippen LogP contribution in [0.3, 0.4) is 0 Å². The van der Waals surface area contributed by atoms with Crippen molar-refractivity contribution in [3.63, 3.8) is 0 Å². The van der Waals surface area contributed by atoms with Gasteiger partial charge in [-0.3, -0.25) is 4.79 Å². The van der Waals surface area contributed by atoms with Crippen LogP contribution in [0.15, 0.2) is 40.5 Å². The van der Waals surface area contributed by atoms with Gasteiger partial charge in [-0.1, -0.05) is 57.0 Å². The summed E-state index contributed by atoms with van der Waals surface area (Å²) < 4.78 is 53.7. The summed E-state index contributed by atoms with van der Waals surface area (Å²) in [7, 11) is -7.44. The summed E-state index contributed by atoms with van der Waals surface area (Å²) in [5, 5.41) is 2.04. The normalized spacial score (nSPS) is 18.1. The molecule has 9 nitrogen and oxygen atoms in total. The minimum absolute atomic E-state index is 0.0229. The highest BCUT2D eigenvalue weighted by molar-refractivity contribution is 7.91. The minimum Gasteiger partial charge on any atom is -0.321 e. The lowest BCUT2D eigenvalue weighted by atomic mass is 9.91. The van der Waals surface area contributed by atoms with Crippen LogP contribution in [0.4, 0.5) is 5.69 Å². The van der Waals surface area contributed by atoms with E-state index in [1.807, 2.05) is 0 Å². The molecule has 0 saturated heterocycles. The molecule has 1 aromatic heterocycles. The zero-order valence-corrected chi connectivity index (χ0v) is 23.3. The van der Waals surface area contributed by atoms with Gasteiger partial charge in [0.15, 0.2) is 5.69 Å². The first-order valence-electron chi connectivity index (χ1n) is 12.8. The second-order valence-electron chi connectivity index (χ2n) is 9.65. The summed E-state index contributed by atoms with van der Waals surface area (Å²) >= 11 is 6.05. The Morgan fingerprint density at radius 3 is 2.00 bits per heavy atom. The van der Waals surface area contributed by atoms with Crippen LogP contribution in [-0.4, -0.2) is 54.9 Å². The van der Waals surface area contributed by atoms with E-state index in [4.69, 9.17) is 11.6 Å². The molecule has 0 spiro atoms. The molecule has 1 aromatic carbocycles. The number of nitrogens with one attached hydrogen (secondary N) is 1. The predicted octanol–water partition coefficient (Wildman–Crippen LogP) is 4.83. The number of rotatable bonds is 8. The average molecular weight is 569 g/mol. The summed E-state index contributed by atoms with van der Waals surface area (Å²) in [6.45, 7) is 1.45. The van der Waals surface area contributed by atoms with Gasteiger partial charge in [-0.2, -0.15) is 4.31 Å². The number of benzene rings is 1. The molecule has 0 atom stereocenters. The summed E-state index contributed by atoms with van der Waals surface area (Å²) in [5.41, 5.74) is 0.0570. The second-order valence-corrected chi connectivity index (χ2v) is 14.1. The molecule has 12 heteroatoms. The van der Waals surface area contributed by atoms with Gasteiger partial charge >= 0.3 is 0 Å². The molecular formula is C25H33ClN4O5S2. The number of sulfonamides is 1. The quantitative estimate of drug-likeness (QED) is 0.452. The fraction of sp³-hybridized carbons (Fsp3) is 0.560. The zero-order valence-electron chi connectivity index (χ0n) is 20.9. The smallest absolute Gasteiger partial charge is 0.275 e. The van der Waals surface area contributed by atoms with Gasteiger partial charge in [0.1, 0.15) is 0 Å². The molecule has 1 amide bonds. The van der Waals surface area contributed by atoms with Crippen molar-refractivity contribution in [3.05, 3.63) is 41.2 Å². The summed E-state index contributed by atoms with van der Waals surface area (Å²) in [6, 6.07) is 6.08. The van der Waals surface area contributed by atoms with Gasteiger partial charge in [-0.25, -0.2) is 26.8 Å². The molecule has 2 aliphatic carbocycles. The third kappa shape index (κ3) is 6.32. The Hall–Kier alpha value is -2.08. The van der Waals surface area contributed by atoms with Gasteiger partial charge < -0.3 is 5.32 Å². The van der Waals surface area contributed by atoms with E-state index in [1.54, 1.807) is 4.31 Å². The first-order valence-corrected chi connectivity index (χ1v) is 16.3. The molecule has 37 heavy (non-hydrogen) atoms. The van der Waals surface area contributed by atoms with Crippen molar-refractivity contribution < 1.29 is 21.6 Å². The van der Waals surface area contributed by atoms with Gasteiger partial charge in [0, 0.05) is 17.8 Å². The predicted molar refractivity (Wildman–Crippen MR) is 142 cm³/mol. The lowest BCUT2D eigenvalue weighted by Crippen LogP contribution is -2.48. The lowest BCUT2D eigenvalue weighted by Gasteiger charge is -2.40. The number of amides is 1. The minimum atomic E-state index is -3.73. The van der Waals surface area contributed by atoms with E-state index in [9.17, 15) is 21.6 Å². The topological polar surface area (TPSA) is 126 Å². The first-order chi connectivity index (χ1) is 17.6. The molecule has 2 aromatic rings. The van der Waals surface area contributed by atoms with Crippen LogP contribution in [0.5, 0.6) is 0 Å². The molecule has 1 heterocycles. The van der Waals surface area contributed by atoms with Crippen LogP contribution in [0.1, 0.15) is 81.6 Å². The van der Waals surface area contributed by atoms with Crippen molar-refractivity contribution in [2.45, 2.75) is 93.3 Å². The average Bonchev–Trinajstić information content (AvgIpc) is 2.90. The van der Waals surface area contributed by atoms with E-state index in [2.05, 4.69) is 15.3 Å². The first kappa shape index (κ1) is 27.9.